The quantitative estimate of drug-likeness (QED) is 0.377. The van der Waals surface area contributed by atoms with E-state index in [0.29, 0.717) is 73.7 Å². The molecule has 6 rings (SSSR count). The molecule has 6 nitrogen and oxygen atoms in total. The van der Waals surface area contributed by atoms with Gasteiger partial charge in [-0.1, -0.05) is 20.8 Å². The van der Waals surface area contributed by atoms with Crippen molar-refractivity contribution in [2.45, 2.75) is 97.2 Å². The van der Waals surface area contributed by atoms with Gasteiger partial charge in [-0.05, 0) is 128 Å². The van der Waals surface area contributed by atoms with Gasteiger partial charge in [0.15, 0.2) is 0 Å². The van der Waals surface area contributed by atoms with E-state index >= 15 is 0 Å². The average molecular weight is 627 g/mol. The van der Waals surface area contributed by atoms with Crippen molar-refractivity contribution in [3.05, 3.63) is 41.5 Å². The third kappa shape index (κ3) is 6.22. The van der Waals surface area contributed by atoms with Gasteiger partial charge < -0.3 is 20.0 Å². The van der Waals surface area contributed by atoms with Crippen molar-refractivity contribution >= 4 is 17.9 Å². The Labute approximate surface area is 267 Å². The molecule has 0 radical (unpaired) electrons. The lowest BCUT2D eigenvalue weighted by Crippen LogP contribution is -2.58. The molecule has 248 valence electrons. The topological polar surface area (TPSA) is 81.1 Å². The zero-order valence-electron chi connectivity index (χ0n) is 27.3. The minimum atomic E-state index is -0.685. The highest BCUT2D eigenvalue weighted by Gasteiger charge is 2.62. The number of rotatable bonds is 6. The van der Waals surface area contributed by atoms with Crippen molar-refractivity contribution < 1.29 is 28.6 Å². The molecule has 4 saturated carbocycles. The molecule has 4 aliphatic carbocycles. The van der Waals surface area contributed by atoms with Crippen molar-refractivity contribution in [1.29, 1.82) is 0 Å². The summed E-state index contributed by atoms with van der Waals surface area (Å²) < 4.78 is 26.9. The van der Waals surface area contributed by atoms with Crippen LogP contribution in [0.2, 0.25) is 0 Å². The van der Waals surface area contributed by atoms with E-state index < -0.39 is 11.6 Å². The third-order valence-corrected chi connectivity index (χ3v) is 13.5. The van der Waals surface area contributed by atoms with Crippen LogP contribution >= 0.6 is 0 Å². The minimum Gasteiger partial charge on any atom is -0.393 e. The fourth-order valence-electron chi connectivity index (χ4n) is 11.0. The number of nitrogens with zero attached hydrogens (tertiary/aromatic N) is 2. The maximum Gasteiger partial charge on any atom is 0.246 e. The Bertz CT molecular complexity index is 1280. The minimum absolute atomic E-state index is 0.143. The molecule has 1 aromatic rings. The van der Waals surface area contributed by atoms with Crippen molar-refractivity contribution in [1.82, 2.24) is 9.80 Å². The number of benzene rings is 1. The normalized spacial score (nSPS) is 38.9. The second kappa shape index (κ2) is 12.7. The summed E-state index contributed by atoms with van der Waals surface area (Å²) in [5, 5.41) is 21.9. The number of aliphatic hydroxyl groups is 2. The lowest BCUT2D eigenvalue weighted by atomic mass is 9.43. The highest BCUT2D eigenvalue weighted by Crippen LogP contribution is 2.68. The summed E-state index contributed by atoms with van der Waals surface area (Å²) in [5.74, 6) is 1.36. The first kappa shape index (κ1) is 32.6. The van der Waals surface area contributed by atoms with E-state index in [9.17, 15) is 28.6 Å². The van der Waals surface area contributed by atoms with E-state index in [1.54, 1.807) is 4.90 Å². The first-order valence-corrected chi connectivity index (χ1v) is 17.5. The molecule has 1 saturated heterocycles. The van der Waals surface area contributed by atoms with Crippen molar-refractivity contribution in [2.75, 3.05) is 26.2 Å². The molecule has 45 heavy (non-hydrogen) atoms. The molecular weight excluding hydrogens is 574 g/mol. The van der Waals surface area contributed by atoms with Crippen LogP contribution in [0.3, 0.4) is 0 Å². The van der Waals surface area contributed by atoms with E-state index in [1.807, 2.05) is 4.90 Å². The van der Waals surface area contributed by atoms with Crippen LogP contribution in [-0.2, 0) is 9.59 Å². The highest BCUT2D eigenvalue weighted by atomic mass is 19.1. The monoisotopic (exact) mass is 626 g/mol. The number of carbonyl (C=O) groups is 2. The van der Waals surface area contributed by atoms with Crippen LogP contribution in [0, 0.1) is 58.0 Å². The Morgan fingerprint density at radius 3 is 2.27 bits per heavy atom. The van der Waals surface area contributed by atoms with E-state index in [-0.39, 0.29) is 34.9 Å². The van der Waals surface area contributed by atoms with E-state index in [4.69, 9.17) is 0 Å². The zero-order chi connectivity index (χ0) is 32.1. The highest BCUT2D eigenvalue weighted by molar-refractivity contribution is 5.92. The number of aliphatic hydroxyl groups excluding tert-OH is 2. The van der Waals surface area contributed by atoms with Gasteiger partial charge in [0.25, 0.3) is 0 Å². The van der Waals surface area contributed by atoms with Crippen LogP contribution < -0.4 is 0 Å². The molecule has 10 atom stereocenters. The number of fused-ring (bicyclic) bond motifs is 5. The molecular formula is C37H52F2N2O4. The maximum atomic E-state index is 13.4. The predicted octanol–water partition coefficient (Wildman–Crippen LogP) is 6.06. The molecule has 8 heteroatoms. The van der Waals surface area contributed by atoms with Gasteiger partial charge >= 0.3 is 0 Å². The first-order valence-electron chi connectivity index (χ1n) is 17.5. The van der Waals surface area contributed by atoms with E-state index in [2.05, 4.69) is 20.8 Å². The Morgan fingerprint density at radius 1 is 0.911 bits per heavy atom. The number of piperazine rings is 1. The van der Waals surface area contributed by atoms with Gasteiger partial charge in [0.2, 0.25) is 11.8 Å². The smallest absolute Gasteiger partial charge is 0.246 e. The van der Waals surface area contributed by atoms with Gasteiger partial charge in [0.05, 0.1) is 12.2 Å². The number of amides is 2. The van der Waals surface area contributed by atoms with Crippen LogP contribution in [0.25, 0.3) is 6.08 Å². The average Bonchev–Trinajstić information content (AvgIpc) is 3.36. The fraction of sp³-hybridized carbons (Fsp3) is 0.730. The predicted molar refractivity (Wildman–Crippen MR) is 170 cm³/mol. The van der Waals surface area contributed by atoms with Gasteiger partial charge in [0.1, 0.15) is 11.6 Å². The first-order chi connectivity index (χ1) is 21.4. The van der Waals surface area contributed by atoms with Crippen LogP contribution in [0.1, 0.15) is 90.5 Å². The van der Waals surface area contributed by atoms with E-state index in [1.165, 1.54) is 43.5 Å². The van der Waals surface area contributed by atoms with E-state index in [0.717, 1.165) is 44.6 Å². The molecule has 5 fully saturated rings. The summed E-state index contributed by atoms with van der Waals surface area (Å²) in [6.45, 7) is 9.11. The molecule has 2 amide bonds. The Kier molecular flexibility index (Phi) is 9.21. The van der Waals surface area contributed by atoms with Gasteiger partial charge in [-0.3, -0.25) is 9.59 Å². The molecule has 5 aliphatic rings. The van der Waals surface area contributed by atoms with Crippen molar-refractivity contribution in [3.63, 3.8) is 0 Å². The summed E-state index contributed by atoms with van der Waals surface area (Å²) in [4.78, 5) is 29.4. The molecule has 0 aromatic heterocycles. The number of hydrogen-bond acceptors (Lipinski definition) is 4. The Morgan fingerprint density at radius 2 is 1.56 bits per heavy atom. The molecule has 0 bridgehead atoms. The lowest BCUT2D eigenvalue weighted by Gasteiger charge is -2.62. The zero-order valence-corrected chi connectivity index (χ0v) is 27.3. The standard InChI is InChI=1S/C37H52F2N2O4/c1-23(4-8-33(44)40-14-16-41(17-15-40)34(45)9-5-24-18-26(38)22-27(39)19-24)29-6-7-30-35-31(11-13-37(29,30)3)36(2)12-10-28(42)20-25(36)21-32(35)43/h5,9,18-19,22-23,25,28-32,35,42-43H,4,6-8,10-17,20-21H2,1-3H3/b9-5+/t23-,25+,28-,29-,30+,31+,32+,35+,36+,37-/m1/s1. The second-order valence-corrected chi connectivity index (χ2v) is 15.7. The SMILES string of the molecule is C[C@H](CCC(=O)N1CCN(C(=O)/C=C/c2cc(F)cc(F)c2)CC1)[C@H]1CC[C@H]2[C@@H]3[C@@H](O)C[C@@H]4C[C@H](O)CC[C@]4(C)[C@H]3CC[C@]12C. The summed E-state index contributed by atoms with van der Waals surface area (Å²) >= 11 is 0. The summed E-state index contributed by atoms with van der Waals surface area (Å²) in [6.07, 6.45) is 12.0. The summed E-state index contributed by atoms with van der Waals surface area (Å²) in [7, 11) is 0. The van der Waals surface area contributed by atoms with Gasteiger partial charge in [0, 0.05) is 44.7 Å². The molecule has 0 unspecified atom stereocenters. The molecule has 1 aliphatic heterocycles. The molecule has 1 heterocycles. The van der Waals surface area contributed by atoms with Gasteiger partial charge in [-0.15, -0.1) is 0 Å². The van der Waals surface area contributed by atoms with Crippen molar-refractivity contribution in [3.8, 4) is 0 Å². The molecule has 1 aromatic carbocycles. The fourth-order valence-corrected chi connectivity index (χ4v) is 11.0. The number of hydrogen-bond donors (Lipinski definition) is 2. The van der Waals surface area contributed by atoms with Crippen LogP contribution in [-0.4, -0.2) is 70.2 Å². The Hall–Kier alpha value is -2.32. The van der Waals surface area contributed by atoms with Crippen LogP contribution in [0.4, 0.5) is 8.78 Å². The second-order valence-electron chi connectivity index (χ2n) is 15.7. The number of halogens is 2. The lowest BCUT2D eigenvalue weighted by molar-refractivity contribution is -0.174. The van der Waals surface area contributed by atoms with Crippen molar-refractivity contribution in [2.24, 2.45) is 46.3 Å². The summed E-state index contributed by atoms with van der Waals surface area (Å²) in [5.41, 5.74) is 0.715. The molecule has 0 spiro atoms. The molecule has 2 N–H and O–H groups in total. The summed E-state index contributed by atoms with van der Waals surface area (Å²) in [6, 6.07) is 3.16. The largest absolute Gasteiger partial charge is 0.393 e. The maximum absolute atomic E-state index is 13.4. The number of carbonyl (C=O) groups excluding carboxylic acids is 2. The van der Waals surface area contributed by atoms with Gasteiger partial charge in [-0.2, -0.15) is 0 Å². The van der Waals surface area contributed by atoms with Gasteiger partial charge in [-0.25, -0.2) is 8.78 Å². The third-order valence-electron chi connectivity index (χ3n) is 13.5. The Balaban J connectivity index is 0.999. The van der Waals surface area contributed by atoms with Crippen LogP contribution in [0.5, 0.6) is 0 Å². The van der Waals surface area contributed by atoms with Crippen LogP contribution in [0.15, 0.2) is 24.3 Å².